The highest BCUT2D eigenvalue weighted by Gasteiger charge is 2.13. The second kappa shape index (κ2) is 16.7. The number of carbonyl (C=O) groups is 2. The fourth-order valence-electron chi connectivity index (χ4n) is 0.881. The smallest absolute Gasteiger partial charge is 0.320 e. The number of rotatable bonds is 8. The Labute approximate surface area is 142 Å². The average molecular weight is 398 g/mol. The van der Waals surface area contributed by atoms with E-state index in [4.69, 9.17) is 32.2 Å². The number of carboxylic acid groups (broad SMARTS) is 2. The summed E-state index contributed by atoms with van der Waals surface area (Å²) in [4.78, 5) is 20.2. The van der Waals surface area contributed by atoms with E-state index in [0.29, 0.717) is 5.75 Å². The summed E-state index contributed by atoms with van der Waals surface area (Å²) < 4.78 is 31.5. The molecule has 0 saturated heterocycles. The van der Waals surface area contributed by atoms with Crippen LogP contribution in [0.25, 0.3) is 0 Å². The minimum absolute atomic E-state index is 0. The largest absolute Gasteiger partial charge is 0.480 e. The normalized spacial score (nSPS) is 13.6. The van der Waals surface area contributed by atoms with Crippen molar-refractivity contribution in [1.29, 1.82) is 0 Å². The Morgan fingerprint density at radius 2 is 1.38 bits per heavy atom. The van der Waals surface area contributed by atoms with E-state index in [1.165, 1.54) is 6.26 Å². The van der Waals surface area contributed by atoms with Crippen molar-refractivity contribution in [2.75, 3.05) is 24.0 Å². The van der Waals surface area contributed by atoms with Gasteiger partial charge in [0.05, 0.1) is 5.75 Å². The Morgan fingerprint density at radius 1 is 1.04 bits per heavy atom. The second-order valence-electron chi connectivity index (χ2n) is 4.37. The average Bonchev–Trinajstić information content (AvgIpc) is 2.43. The zero-order chi connectivity index (χ0) is 19.2. The first kappa shape index (κ1) is 30.7. The second-order valence-corrected chi connectivity index (χ2v) is 8.19. The summed E-state index contributed by atoms with van der Waals surface area (Å²) in [7, 11) is -4.04. The fourth-order valence-corrected chi connectivity index (χ4v) is 2.15. The van der Waals surface area contributed by atoms with E-state index in [1.54, 1.807) is 0 Å². The van der Waals surface area contributed by atoms with E-state index in [1.807, 2.05) is 0 Å². The summed E-state index contributed by atoms with van der Waals surface area (Å²) in [5.74, 6) is -2.03. The third-order valence-corrected chi connectivity index (χ3v) is 3.94. The number of sulfone groups is 1. The molecular formula is C10H26N2O10S2. The van der Waals surface area contributed by atoms with Crippen LogP contribution >= 0.6 is 0 Å². The Hall–Kier alpha value is -1.16. The molecule has 0 radical (unpaired) electrons. The van der Waals surface area contributed by atoms with E-state index in [2.05, 4.69) is 0 Å². The van der Waals surface area contributed by atoms with E-state index < -0.39 is 44.7 Å². The van der Waals surface area contributed by atoms with Gasteiger partial charge < -0.3 is 27.2 Å². The molecule has 3 atom stereocenters. The van der Waals surface area contributed by atoms with Crippen molar-refractivity contribution >= 4 is 32.6 Å². The molecule has 0 aromatic rings. The van der Waals surface area contributed by atoms with Crippen LogP contribution in [0, 0.1) is 0 Å². The van der Waals surface area contributed by atoms with Gasteiger partial charge in [0.1, 0.15) is 21.9 Å². The van der Waals surface area contributed by atoms with Crippen LogP contribution < -0.4 is 11.5 Å². The van der Waals surface area contributed by atoms with Crippen molar-refractivity contribution in [1.82, 2.24) is 0 Å². The molecule has 0 aliphatic heterocycles. The number of aliphatic carboxylic acids is 2. The molecule has 0 aromatic carbocycles. The molecule has 0 fully saturated rings. The van der Waals surface area contributed by atoms with Crippen molar-refractivity contribution in [3.8, 4) is 0 Å². The lowest BCUT2D eigenvalue weighted by Gasteiger charge is -2.03. The molecule has 0 spiro atoms. The third-order valence-electron chi connectivity index (χ3n) is 2.15. The van der Waals surface area contributed by atoms with Crippen LogP contribution in [0.1, 0.15) is 12.8 Å². The first-order valence-electron chi connectivity index (χ1n) is 6.01. The highest BCUT2D eigenvalue weighted by atomic mass is 32.2. The molecular weight excluding hydrogens is 372 g/mol. The highest BCUT2D eigenvalue weighted by molar-refractivity contribution is 7.90. The maximum absolute atomic E-state index is 10.5. The van der Waals surface area contributed by atoms with Gasteiger partial charge in [0, 0.05) is 29.1 Å². The molecule has 0 aromatic heterocycles. The van der Waals surface area contributed by atoms with Gasteiger partial charge in [0.25, 0.3) is 0 Å². The molecule has 14 heteroatoms. The van der Waals surface area contributed by atoms with E-state index in [-0.39, 0.29) is 24.1 Å². The monoisotopic (exact) mass is 398 g/mol. The Bertz CT molecular complexity index is 468. The van der Waals surface area contributed by atoms with Gasteiger partial charge >= 0.3 is 11.9 Å². The summed E-state index contributed by atoms with van der Waals surface area (Å²) in [6, 6.07) is -1.95. The highest BCUT2D eigenvalue weighted by Crippen LogP contribution is 1.93. The van der Waals surface area contributed by atoms with Gasteiger partial charge in [-0.15, -0.1) is 0 Å². The molecule has 0 aliphatic carbocycles. The lowest BCUT2D eigenvalue weighted by Crippen LogP contribution is -2.32. The van der Waals surface area contributed by atoms with Crippen molar-refractivity contribution in [2.24, 2.45) is 11.5 Å². The number of hydrogen-bond donors (Lipinski definition) is 6. The zero-order valence-electron chi connectivity index (χ0n) is 13.3. The molecule has 10 N–H and O–H groups in total. The molecule has 12 nitrogen and oxygen atoms in total. The summed E-state index contributed by atoms with van der Waals surface area (Å²) in [5, 5.41) is 28.5. The Morgan fingerprint density at radius 3 is 1.62 bits per heavy atom. The van der Waals surface area contributed by atoms with E-state index in [9.17, 15) is 22.2 Å². The number of hydrogen-bond acceptors (Lipinski definition) is 9. The molecule has 0 saturated carbocycles. The number of carboxylic acids is 2. The van der Waals surface area contributed by atoms with Crippen LogP contribution in [0.4, 0.5) is 0 Å². The summed E-state index contributed by atoms with van der Waals surface area (Å²) >= 11 is 0. The quantitative estimate of drug-likeness (QED) is 0.180. The van der Waals surface area contributed by atoms with E-state index in [0.717, 1.165) is 6.26 Å². The summed E-state index contributed by atoms with van der Waals surface area (Å²) in [6.45, 7) is 0. The minimum Gasteiger partial charge on any atom is -0.480 e. The first-order valence-corrected chi connectivity index (χ1v) is 9.80. The predicted octanol–water partition coefficient (Wildman–Crippen LogP) is -2.81. The van der Waals surface area contributed by atoms with Gasteiger partial charge in [-0.25, -0.2) is 8.42 Å². The predicted molar refractivity (Wildman–Crippen MR) is 88.0 cm³/mol. The van der Waals surface area contributed by atoms with Crippen molar-refractivity contribution in [3.63, 3.8) is 0 Å². The summed E-state index contributed by atoms with van der Waals surface area (Å²) in [6.07, 6.45) is 2.81. The molecule has 0 rings (SSSR count). The maximum Gasteiger partial charge on any atom is 0.320 e. The molecule has 0 heterocycles. The minimum atomic E-state index is -3.10. The molecule has 24 heavy (non-hydrogen) atoms. The first-order chi connectivity index (χ1) is 10.4. The van der Waals surface area contributed by atoms with Gasteiger partial charge in [-0.3, -0.25) is 24.3 Å². The van der Waals surface area contributed by atoms with Crippen LogP contribution in [0.5, 0.6) is 0 Å². The molecule has 3 unspecified atom stereocenters. The maximum atomic E-state index is 10.5. The third kappa shape index (κ3) is 25.8. The van der Waals surface area contributed by atoms with Gasteiger partial charge in [0.15, 0.2) is 0 Å². The van der Waals surface area contributed by atoms with Crippen molar-refractivity contribution < 1.29 is 48.4 Å². The number of nitrogens with two attached hydrogens (primary N) is 2. The van der Waals surface area contributed by atoms with Gasteiger partial charge in [-0.2, -0.15) is 0 Å². The lowest BCUT2D eigenvalue weighted by atomic mass is 10.2. The SMILES string of the molecule is CS(=O)(=O)CCC(N)C(=O)O.CS(=O)CCC(N)C(=O)O.O.OO. The van der Waals surface area contributed by atoms with Gasteiger partial charge in [0.2, 0.25) is 0 Å². The Balaban J connectivity index is -0.000000146. The zero-order valence-corrected chi connectivity index (χ0v) is 14.9. The van der Waals surface area contributed by atoms with Crippen molar-refractivity contribution in [3.05, 3.63) is 0 Å². The van der Waals surface area contributed by atoms with Crippen LogP contribution in [-0.4, -0.2) is 86.9 Å². The fraction of sp³-hybridized carbons (Fsp3) is 0.800. The van der Waals surface area contributed by atoms with Crippen LogP contribution in [-0.2, 0) is 30.2 Å². The molecule has 0 bridgehead atoms. The molecule has 148 valence electrons. The van der Waals surface area contributed by atoms with Crippen LogP contribution in [0.3, 0.4) is 0 Å². The molecule has 0 aliphatic rings. The van der Waals surface area contributed by atoms with Gasteiger partial charge in [-0.1, -0.05) is 0 Å². The topological polar surface area (TPSA) is 250 Å². The molecule has 0 amide bonds. The lowest BCUT2D eigenvalue weighted by molar-refractivity contribution is -0.176. The standard InChI is InChI=1S/C5H11NO4S.C5H11NO3S.H2O2.H2O/c1-11(9,10)3-2-4(6)5(7)8;1-10(9)3-2-4(6)5(7)8;1-2;/h4H,2-3,6H2,1H3,(H,7,8);4H,2-3,6H2,1H3,(H,7,8);1-2H;1H2. The summed E-state index contributed by atoms with van der Waals surface area (Å²) in [5.41, 5.74) is 10.2. The van der Waals surface area contributed by atoms with Crippen LogP contribution in [0.2, 0.25) is 0 Å². The van der Waals surface area contributed by atoms with E-state index >= 15 is 0 Å². The Kier molecular flexibility index (Phi) is 21.3. The van der Waals surface area contributed by atoms with Crippen LogP contribution in [0.15, 0.2) is 0 Å². The van der Waals surface area contributed by atoms with Crippen molar-refractivity contribution in [2.45, 2.75) is 24.9 Å². The van der Waals surface area contributed by atoms with Gasteiger partial charge in [-0.05, 0) is 12.8 Å².